The quantitative estimate of drug-likeness (QED) is 0.857. The summed E-state index contributed by atoms with van der Waals surface area (Å²) in [5.74, 6) is 0. The third-order valence-corrected chi connectivity index (χ3v) is 2.48. The molecule has 0 aromatic carbocycles. The van der Waals surface area contributed by atoms with Crippen LogP contribution in [0.4, 0.5) is 0 Å². The highest BCUT2D eigenvalue weighted by molar-refractivity contribution is 9.10. The zero-order chi connectivity index (χ0) is 9.68. The fourth-order valence-electron chi connectivity index (χ4n) is 1.24. The number of unbranched alkanes of at least 4 members (excludes halogenated alkanes) is 1. The molecule has 0 bridgehead atoms. The SMILES string of the molecule is CCCC[C@@H](N)c1ccnc(Br)c1.Cl. The van der Waals surface area contributed by atoms with Crippen molar-refractivity contribution >= 4 is 28.3 Å². The van der Waals surface area contributed by atoms with Crippen molar-refractivity contribution in [3.8, 4) is 0 Å². The maximum atomic E-state index is 6.00. The average Bonchev–Trinajstić information content (AvgIpc) is 2.14. The van der Waals surface area contributed by atoms with E-state index in [2.05, 4.69) is 27.8 Å². The van der Waals surface area contributed by atoms with E-state index in [1.807, 2.05) is 12.1 Å². The van der Waals surface area contributed by atoms with Crippen LogP contribution >= 0.6 is 28.3 Å². The van der Waals surface area contributed by atoms with Crippen molar-refractivity contribution in [2.45, 2.75) is 32.2 Å². The first kappa shape index (κ1) is 13.9. The molecule has 4 heteroatoms. The van der Waals surface area contributed by atoms with Gasteiger partial charge in [-0.2, -0.15) is 0 Å². The number of nitrogens with zero attached hydrogens (tertiary/aromatic N) is 1. The molecule has 2 N–H and O–H groups in total. The minimum Gasteiger partial charge on any atom is -0.324 e. The molecule has 1 heterocycles. The van der Waals surface area contributed by atoms with Crippen LogP contribution in [0.1, 0.15) is 37.8 Å². The summed E-state index contributed by atoms with van der Waals surface area (Å²) in [5.41, 5.74) is 7.16. The predicted molar refractivity (Wildman–Crippen MR) is 65.6 cm³/mol. The first-order valence-corrected chi connectivity index (χ1v) is 5.40. The van der Waals surface area contributed by atoms with E-state index in [1.54, 1.807) is 6.20 Å². The van der Waals surface area contributed by atoms with Crippen LogP contribution in [0.15, 0.2) is 22.9 Å². The number of halogens is 2. The van der Waals surface area contributed by atoms with Crippen molar-refractivity contribution in [2.75, 3.05) is 0 Å². The van der Waals surface area contributed by atoms with E-state index in [4.69, 9.17) is 5.73 Å². The van der Waals surface area contributed by atoms with E-state index in [-0.39, 0.29) is 18.4 Å². The van der Waals surface area contributed by atoms with Crippen LogP contribution in [0, 0.1) is 0 Å². The molecule has 1 aromatic rings. The molecule has 0 radical (unpaired) electrons. The van der Waals surface area contributed by atoms with Gasteiger partial charge in [0.05, 0.1) is 0 Å². The van der Waals surface area contributed by atoms with Crippen LogP contribution in [0.25, 0.3) is 0 Å². The van der Waals surface area contributed by atoms with Gasteiger partial charge in [-0.3, -0.25) is 0 Å². The number of hydrogen-bond acceptors (Lipinski definition) is 2. The number of nitrogens with two attached hydrogens (primary N) is 1. The van der Waals surface area contributed by atoms with Crippen molar-refractivity contribution in [1.29, 1.82) is 0 Å². The Bertz CT molecular complexity index is 268. The number of pyridine rings is 1. The lowest BCUT2D eigenvalue weighted by Crippen LogP contribution is -2.09. The smallest absolute Gasteiger partial charge is 0.106 e. The van der Waals surface area contributed by atoms with Crippen LogP contribution in [0.2, 0.25) is 0 Å². The maximum absolute atomic E-state index is 6.00. The molecule has 0 aliphatic rings. The lowest BCUT2D eigenvalue weighted by atomic mass is 10.0. The first-order chi connectivity index (χ1) is 6.24. The molecule has 80 valence electrons. The van der Waals surface area contributed by atoms with Crippen molar-refractivity contribution in [2.24, 2.45) is 5.73 Å². The molecule has 0 saturated heterocycles. The molecule has 0 aliphatic heterocycles. The molecule has 0 amide bonds. The van der Waals surface area contributed by atoms with Gasteiger partial charge in [0, 0.05) is 12.2 Å². The maximum Gasteiger partial charge on any atom is 0.106 e. The van der Waals surface area contributed by atoms with Gasteiger partial charge in [0.2, 0.25) is 0 Å². The van der Waals surface area contributed by atoms with Crippen LogP contribution in [-0.4, -0.2) is 4.98 Å². The lowest BCUT2D eigenvalue weighted by molar-refractivity contribution is 0.602. The minimum absolute atomic E-state index is 0. The van der Waals surface area contributed by atoms with Crippen LogP contribution in [-0.2, 0) is 0 Å². The summed E-state index contributed by atoms with van der Waals surface area (Å²) in [7, 11) is 0. The Kier molecular flexibility index (Phi) is 7.15. The molecular formula is C10H16BrClN2. The summed E-state index contributed by atoms with van der Waals surface area (Å²) >= 11 is 3.33. The number of aromatic nitrogens is 1. The molecule has 0 spiro atoms. The van der Waals surface area contributed by atoms with E-state index < -0.39 is 0 Å². The molecule has 0 unspecified atom stereocenters. The second-order valence-corrected chi connectivity index (χ2v) is 3.97. The third-order valence-electron chi connectivity index (χ3n) is 2.05. The molecule has 0 saturated carbocycles. The van der Waals surface area contributed by atoms with Gasteiger partial charge in [0.15, 0.2) is 0 Å². The standard InChI is InChI=1S/C10H15BrN2.ClH/c1-2-3-4-9(12)8-5-6-13-10(11)7-8;/h5-7,9H,2-4,12H2,1H3;1H/t9-;/m1./s1. The molecular weight excluding hydrogens is 263 g/mol. The lowest BCUT2D eigenvalue weighted by Gasteiger charge is -2.10. The van der Waals surface area contributed by atoms with Crippen molar-refractivity contribution in [1.82, 2.24) is 4.98 Å². The van der Waals surface area contributed by atoms with E-state index >= 15 is 0 Å². The molecule has 0 fully saturated rings. The fraction of sp³-hybridized carbons (Fsp3) is 0.500. The summed E-state index contributed by atoms with van der Waals surface area (Å²) in [5, 5.41) is 0. The van der Waals surface area contributed by atoms with Gasteiger partial charge in [-0.05, 0) is 40.0 Å². The second-order valence-electron chi connectivity index (χ2n) is 3.16. The molecule has 2 nitrogen and oxygen atoms in total. The summed E-state index contributed by atoms with van der Waals surface area (Å²) in [6.07, 6.45) is 5.21. The Balaban J connectivity index is 0.00000169. The normalized spacial score (nSPS) is 11.9. The van der Waals surface area contributed by atoms with E-state index in [1.165, 1.54) is 12.8 Å². The summed E-state index contributed by atoms with van der Waals surface area (Å²) < 4.78 is 0.858. The van der Waals surface area contributed by atoms with Crippen molar-refractivity contribution < 1.29 is 0 Å². The summed E-state index contributed by atoms with van der Waals surface area (Å²) in [4.78, 5) is 4.06. The number of rotatable bonds is 4. The molecule has 1 atom stereocenters. The summed E-state index contributed by atoms with van der Waals surface area (Å²) in [6, 6.07) is 4.12. The first-order valence-electron chi connectivity index (χ1n) is 4.61. The van der Waals surface area contributed by atoms with Gasteiger partial charge in [0.1, 0.15) is 4.60 Å². The van der Waals surface area contributed by atoms with E-state index in [0.29, 0.717) is 0 Å². The van der Waals surface area contributed by atoms with Crippen molar-refractivity contribution in [3.05, 3.63) is 28.5 Å². The van der Waals surface area contributed by atoms with Gasteiger partial charge in [-0.1, -0.05) is 19.8 Å². The van der Waals surface area contributed by atoms with Gasteiger partial charge in [-0.15, -0.1) is 12.4 Å². The van der Waals surface area contributed by atoms with Gasteiger partial charge in [0.25, 0.3) is 0 Å². The Labute approximate surface area is 99.8 Å². The van der Waals surface area contributed by atoms with E-state index in [9.17, 15) is 0 Å². The molecule has 14 heavy (non-hydrogen) atoms. The van der Waals surface area contributed by atoms with Crippen LogP contribution in [0.3, 0.4) is 0 Å². The van der Waals surface area contributed by atoms with Gasteiger partial charge >= 0.3 is 0 Å². The highest BCUT2D eigenvalue weighted by Crippen LogP contribution is 2.18. The minimum atomic E-state index is 0. The Hall–Kier alpha value is -0.120. The fourth-order valence-corrected chi connectivity index (χ4v) is 1.62. The average molecular weight is 280 g/mol. The second kappa shape index (κ2) is 7.21. The van der Waals surface area contributed by atoms with Crippen LogP contribution < -0.4 is 5.73 Å². The van der Waals surface area contributed by atoms with Gasteiger partial charge < -0.3 is 5.73 Å². The van der Waals surface area contributed by atoms with Crippen molar-refractivity contribution in [3.63, 3.8) is 0 Å². The van der Waals surface area contributed by atoms with Crippen LogP contribution in [0.5, 0.6) is 0 Å². The Morgan fingerprint density at radius 3 is 2.86 bits per heavy atom. The molecule has 1 aromatic heterocycles. The highest BCUT2D eigenvalue weighted by Gasteiger charge is 2.05. The zero-order valence-electron chi connectivity index (χ0n) is 8.24. The third kappa shape index (κ3) is 4.40. The monoisotopic (exact) mass is 278 g/mol. The highest BCUT2D eigenvalue weighted by atomic mass is 79.9. The summed E-state index contributed by atoms with van der Waals surface area (Å²) in [6.45, 7) is 2.18. The number of hydrogen-bond donors (Lipinski definition) is 1. The topological polar surface area (TPSA) is 38.9 Å². The largest absolute Gasteiger partial charge is 0.324 e. The molecule has 1 rings (SSSR count). The van der Waals surface area contributed by atoms with E-state index in [0.717, 1.165) is 16.6 Å². The predicted octanol–water partition coefficient (Wildman–Crippen LogP) is 3.46. The van der Waals surface area contributed by atoms with Gasteiger partial charge in [-0.25, -0.2) is 4.98 Å². The Morgan fingerprint density at radius 1 is 1.57 bits per heavy atom. The zero-order valence-corrected chi connectivity index (χ0v) is 10.6. The molecule has 0 aliphatic carbocycles. The Morgan fingerprint density at radius 2 is 2.29 bits per heavy atom.